The highest BCUT2D eigenvalue weighted by atomic mass is 16.5. The quantitative estimate of drug-likeness (QED) is 0.419. The van der Waals surface area contributed by atoms with Gasteiger partial charge in [-0.2, -0.15) is 0 Å². The van der Waals surface area contributed by atoms with E-state index in [0.717, 1.165) is 5.56 Å². The van der Waals surface area contributed by atoms with Gasteiger partial charge in [-0.1, -0.05) is 17.7 Å². The van der Waals surface area contributed by atoms with Crippen molar-refractivity contribution in [1.82, 2.24) is 0 Å². The molecule has 0 unspecified atom stereocenters. The minimum atomic E-state index is -0.463. The number of hydrogen-bond donors (Lipinski definition) is 0. The molecule has 0 atom stereocenters. The molecular weight excluding hydrogens is 191 g/mol. The van der Waals surface area contributed by atoms with Crippen LogP contribution in [0.15, 0.2) is 18.2 Å². The van der Waals surface area contributed by atoms with Crippen molar-refractivity contribution in [2.24, 2.45) is 0 Å². The van der Waals surface area contributed by atoms with E-state index in [1.807, 2.05) is 13.0 Å². The summed E-state index contributed by atoms with van der Waals surface area (Å²) >= 11 is 0. The first-order valence-corrected chi connectivity index (χ1v) is 4.82. The lowest BCUT2D eigenvalue weighted by Gasteiger charge is -2.06. The Bertz CT molecular complexity index is 399. The van der Waals surface area contributed by atoms with Gasteiger partial charge in [0.15, 0.2) is 5.78 Å². The Kier molecular flexibility index (Phi) is 3.66. The average Bonchev–Trinajstić information content (AvgIpc) is 2.26. The fourth-order valence-corrected chi connectivity index (χ4v) is 1.37. The number of methoxy groups -OCH3 is 1. The zero-order valence-corrected chi connectivity index (χ0v) is 9.16. The minimum absolute atomic E-state index is 0.0459. The van der Waals surface area contributed by atoms with Crippen LogP contribution in [0.5, 0.6) is 0 Å². The van der Waals surface area contributed by atoms with E-state index in [2.05, 4.69) is 4.74 Å². The third-order valence-electron chi connectivity index (χ3n) is 2.20. The number of hydrogen-bond acceptors (Lipinski definition) is 3. The van der Waals surface area contributed by atoms with Crippen LogP contribution in [0.25, 0.3) is 0 Å². The number of aryl methyl sites for hydroxylation is 1. The van der Waals surface area contributed by atoms with Crippen molar-refractivity contribution >= 4 is 19.6 Å². The molecule has 0 saturated heterocycles. The maximum absolute atomic E-state index is 11.6. The van der Waals surface area contributed by atoms with Gasteiger partial charge in [-0.3, -0.25) is 4.79 Å². The summed E-state index contributed by atoms with van der Waals surface area (Å²) in [7, 11) is 3.08. The average molecular weight is 204 g/mol. The summed E-state index contributed by atoms with van der Waals surface area (Å²) in [6.07, 6.45) is 0.382. The summed E-state index contributed by atoms with van der Waals surface area (Å²) in [6, 6.07) is 5.16. The second-order valence-corrected chi connectivity index (χ2v) is 3.32. The van der Waals surface area contributed by atoms with Crippen LogP contribution in [0.3, 0.4) is 0 Å². The van der Waals surface area contributed by atoms with Gasteiger partial charge in [-0.05, 0) is 19.3 Å². The number of Topliss-reactive ketones (excluding diaryl/α,β-unsaturated/α-hetero) is 1. The molecule has 78 valence electrons. The molecule has 0 aliphatic heterocycles. The molecule has 1 aromatic carbocycles. The molecule has 0 heterocycles. The number of carbonyl (C=O) groups excluding carboxylic acids is 2. The normalized spacial score (nSPS) is 9.73. The highest BCUT2D eigenvalue weighted by Crippen LogP contribution is 2.14. The van der Waals surface area contributed by atoms with Crippen molar-refractivity contribution in [2.45, 2.75) is 13.2 Å². The molecule has 0 fully saturated rings. The second-order valence-electron chi connectivity index (χ2n) is 3.32. The Hall–Kier alpha value is -1.58. The lowest BCUT2D eigenvalue weighted by Crippen LogP contribution is -2.10. The predicted molar refractivity (Wildman–Crippen MR) is 60.2 cm³/mol. The van der Waals surface area contributed by atoms with Gasteiger partial charge in [0.1, 0.15) is 7.85 Å². The summed E-state index contributed by atoms with van der Waals surface area (Å²) in [5, 5.41) is 0. The first-order chi connectivity index (χ1) is 7.10. The van der Waals surface area contributed by atoms with E-state index in [9.17, 15) is 9.59 Å². The van der Waals surface area contributed by atoms with Gasteiger partial charge in [0, 0.05) is 5.56 Å². The molecular formula is C11H13BO3. The van der Waals surface area contributed by atoms with E-state index in [0.29, 0.717) is 17.4 Å². The molecule has 0 amide bonds. The number of benzene rings is 1. The maximum atomic E-state index is 11.6. The molecule has 0 bridgehead atoms. The summed E-state index contributed by atoms with van der Waals surface area (Å²) in [5.74, 6) is -0.508. The third kappa shape index (κ3) is 2.46. The lowest BCUT2D eigenvalue weighted by atomic mass is 9.92. The molecule has 0 aliphatic rings. The highest BCUT2D eigenvalue weighted by Gasteiger charge is 2.16. The van der Waals surface area contributed by atoms with Crippen molar-refractivity contribution in [3.63, 3.8) is 0 Å². The first-order valence-electron chi connectivity index (χ1n) is 4.82. The zero-order chi connectivity index (χ0) is 11.4. The van der Waals surface area contributed by atoms with Gasteiger partial charge < -0.3 is 4.74 Å². The summed E-state index contributed by atoms with van der Waals surface area (Å²) < 4.78 is 4.64. The monoisotopic (exact) mass is 204 g/mol. The van der Waals surface area contributed by atoms with Crippen LogP contribution < -0.4 is 0 Å². The Morgan fingerprint density at radius 3 is 2.53 bits per heavy atom. The third-order valence-corrected chi connectivity index (χ3v) is 2.20. The Labute approximate surface area is 89.8 Å². The van der Waals surface area contributed by atoms with E-state index < -0.39 is 5.97 Å². The van der Waals surface area contributed by atoms with Crippen molar-refractivity contribution in [2.75, 3.05) is 7.11 Å². The number of esters is 1. The Morgan fingerprint density at radius 2 is 2.00 bits per heavy atom. The van der Waals surface area contributed by atoms with Crippen LogP contribution in [0.4, 0.5) is 0 Å². The number of carbonyl (C=O) groups is 2. The standard InChI is InChI=1S/C11H13BO3/c1-7-3-4-8(10(13)6-12)9(5-7)11(14)15-2/h3-5H,6,12H2,1-2H3. The Balaban J connectivity index is 3.26. The summed E-state index contributed by atoms with van der Waals surface area (Å²) in [6.45, 7) is 1.87. The molecule has 1 aromatic rings. The van der Waals surface area contributed by atoms with Gasteiger partial charge in [0.2, 0.25) is 0 Å². The predicted octanol–water partition coefficient (Wildman–Crippen LogP) is 1.02. The molecule has 3 nitrogen and oxygen atoms in total. The van der Waals surface area contributed by atoms with Crippen molar-refractivity contribution in [3.8, 4) is 0 Å². The van der Waals surface area contributed by atoms with Crippen LogP contribution in [0.1, 0.15) is 26.3 Å². The summed E-state index contributed by atoms with van der Waals surface area (Å²) in [5.41, 5.74) is 1.72. The fourth-order valence-electron chi connectivity index (χ4n) is 1.37. The molecule has 0 aliphatic carbocycles. The smallest absolute Gasteiger partial charge is 0.338 e. The largest absolute Gasteiger partial charge is 0.465 e. The minimum Gasteiger partial charge on any atom is -0.465 e. The van der Waals surface area contributed by atoms with Crippen molar-refractivity contribution < 1.29 is 14.3 Å². The van der Waals surface area contributed by atoms with Crippen LogP contribution >= 0.6 is 0 Å². The van der Waals surface area contributed by atoms with E-state index in [1.165, 1.54) is 7.11 Å². The molecule has 15 heavy (non-hydrogen) atoms. The van der Waals surface area contributed by atoms with Gasteiger partial charge in [-0.15, -0.1) is 0 Å². The number of ether oxygens (including phenoxy) is 1. The van der Waals surface area contributed by atoms with Gasteiger partial charge in [0.25, 0.3) is 0 Å². The molecule has 0 saturated carbocycles. The van der Waals surface area contributed by atoms with E-state index in [4.69, 9.17) is 0 Å². The lowest BCUT2D eigenvalue weighted by molar-refractivity contribution is 0.0597. The van der Waals surface area contributed by atoms with Crippen LogP contribution in [0.2, 0.25) is 6.32 Å². The molecule has 0 spiro atoms. The molecule has 0 radical (unpaired) electrons. The van der Waals surface area contributed by atoms with E-state index in [1.54, 1.807) is 20.0 Å². The highest BCUT2D eigenvalue weighted by molar-refractivity contribution is 6.25. The van der Waals surface area contributed by atoms with Gasteiger partial charge >= 0.3 is 5.97 Å². The number of ketones is 1. The summed E-state index contributed by atoms with van der Waals surface area (Å²) in [4.78, 5) is 23.0. The maximum Gasteiger partial charge on any atom is 0.338 e. The fraction of sp³-hybridized carbons (Fsp3) is 0.273. The van der Waals surface area contributed by atoms with Crippen LogP contribution in [-0.4, -0.2) is 26.7 Å². The van der Waals surface area contributed by atoms with Crippen LogP contribution in [-0.2, 0) is 4.74 Å². The van der Waals surface area contributed by atoms with Crippen molar-refractivity contribution in [1.29, 1.82) is 0 Å². The van der Waals surface area contributed by atoms with E-state index in [-0.39, 0.29) is 5.78 Å². The Morgan fingerprint density at radius 1 is 1.33 bits per heavy atom. The second kappa shape index (κ2) is 4.78. The zero-order valence-electron chi connectivity index (χ0n) is 9.16. The van der Waals surface area contributed by atoms with Crippen LogP contribution in [0, 0.1) is 6.92 Å². The van der Waals surface area contributed by atoms with E-state index >= 15 is 0 Å². The molecule has 1 rings (SSSR count). The van der Waals surface area contributed by atoms with Gasteiger partial charge in [-0.25, -0.2) is 4.79 Å². The SMILES string of the molecule is BCC(=O)c1ccc(C)cc1C(=O)OC. The molecule has 0 N–H and O–H groups in total. The number of rotatable bonds is 3. The van der Waals surface area contributed by atoms with Crippen molar-refractivity contribution in [3.05, 3.63) is 34.9 Å². The topological polar surface area (TPSA) is 43.4 Å². The molecule has 4 heteroatoms. The first kappa shape index (κ1) is 11.5. The molecule has 0 aromatic heterocycles. The van der Waals surface area contributed by atoms with Gasteiger partial charge in [0.05, 0.1) is 12.7 Å².